The van der Waals surface area contributed by atoms with Crippen LogP contribution in [0.5, 0.6) is 0 Å². The molecule has 2 fully saturated rings. The Morgan fingerprint density at radius 1 is 1.11 bits per heavy atom. The fourth-order valence-corrected chi connectivity index (χ4v) is 5.24. The largest absolute Gasteiger partial charge is 0.373 e. The quantitative estimate of drug-likeness (QED) is 0.437. The third-order valence-corrected chi connectivity index (χ3v) is 6.88. The number of nitrogens with one attached hydrogen (secondary N) is 2. The number of benzene rings is 2. The van der Waals surface area contributed by atoms with Gasteiger partial charge in [0.15, 0.2) is 0 Å². The highest BCUT2D eigenvalue weighted by atomic mass is 35.5. The molecule has 0 spiro atoms. The Bertz CT molecular complexity index is 1490. The van der Waals surface area contributed by atoms with Crippen LogP contribution >= 0.6 is 11.6 Å². The van der Waals surface area contributed by atoms with Crippen molar-refractivity contribution in [3.05, 3.63) is 87.1 Å². The van der Waals surface area contributed by atoms with E-state index in [0.29, 0.717) is 52.6 Å². The number of nitrogens with zero attached hydrogens (tertiary/aromatic N) is 3. The van der Waals surface area contributed by atoms with Crippen LogP contribution in [0.2, 0.25) is 5.02 Å². The maximum absolute atomic E-state index is 13.6. The summed E-state index contributed by atoms with van der Waals surface area (Å²) in [7, 11) is 0. The van der Waals surface area contributed by atoms with Crippen molar-refractivity contribution in [3.8, 4) is 11.3 Å². The molecule has 10 heteroatoms. The topological polar surface area (TPSA) is 83.1 Å². The lowest BCUT2D eigenvalue weighted by Gasteiger charge is -2.39. The fraction of sp³-hybridized carbons (Fsp3) is 0.269. The Labute approximate surface area is 210 Å². The molecule has 2 atom stereocenters. The molecule has 0 unspecified atom stereocenters. The number of halogens is 3. The number of pyridine rings is 1. The molecule has 2 aliphatic rings. The first kappa shape index (κ1) is 23.0. The van der Waals surface area contributed by atoms with E-state index < -0.39 is 11.6 Å². The van der Waals surface area contributed by atoms with Crippen molar-refractivity contribution < 1.29 is 13.5 Å². The van der Waals surface area contributed by atoms with E-state index in [9.17, 15) is 13.6 Å². The Kier molecular flexibility index (Phi) is 5.91. The van der Waals surface area contributed by atoms with Crippen LogP contribution in [0, 0.1) is 11.6 Å². The molecule has 4 aromatic rings. The van der Waals surface area contributed by atoms with Crippen molar-refractivity contribution in [2.75, 3.05) is 31.1 Å². The number of H-pyrrole nitrogens is 1. The number of rotatable bonds is 4. The zero-order chi connectivity index (χ0) is 24.8. The Morgan fingerprint density at radius 3 is 2.72 bits per heavy atom. The maximum Gasteiger partial charge on any atom is 0.258 e. The van der Waals surface area contributed by atoms with Crippen molar-refractivity contribution in [1.29, 1.82) is 0 Å². The highest BCUT2D eigenvalue weighted by Crippen LogP contribution is 2.32. The first-order chi connectivity index (χ1) is 17.4. The van der Waals surface area contributed by atoms with Crippen molar-refractivity contribution in [2.45, 2.75) is 18.6 Å². The first-order valence-electron chi connectivity index (χ1n) is 11.7. The van der Waals surface area contributed by atoms with Crippen molar-refractivity contribution >= 4 is 28.2 Å². The number of aromatic amines is 1. The van der Waals surface area contributed by atoms with Crippen LogP contribution in [0.3, 0.4) is 0 Å². The normalized spacial score (nSPS) is 19.6. The summed E-state index contributed by atoms with van der Waals surface area (Å²) in [6, 6.07) is 10.4. The van der Waals surface area contributed by atoms with E-state index in [-0.39, 0.29) is 17.7 Å². The zero-order valence-corrected chi connectivity index (χ0v) is 19.9. The van der Waals surface area contributed by atoms with E-state index >= 15 is 0 Å². The van der Waals surface area contributed by atoms with Gasteiger partial charge in [-0.2, -0.15) is 0 Å². The second-order valence-electron chi connectivity index (χ2n) is 9.05. The van der Waals surface area contributed by atoms with Crippen LogP contribution < -0.4 is 15.8 Å². The molecule has 0 radical (unpaired) electrons. The van der Waals surface area contributed by atoms with Gasteiger partial charge in [0.25, 0.3) is 5.56 Å². The molecule has 2 aliphatic heterocycles. The summed E-state index contributed by atoms with van der Waals surface area (Å²) in [6.45, 7) is 2.82. The molecule has 0 aliphatic carbocycles. The molecule has 2 saturated heterocycles. The molecule has 0 saturated carbocycles. The molecule has 2 aromatic heterocycles. The van der Waals surface area contributed by atoms with E-state index in [1.54, 1.807) is 24.4 Å². The van der Waals surface area contributed by atoms with Gasteiger partial charge in [-0.3, -0.25) is 9.78 Å². The molecule has 0 bridgehead atoms. The third kappa shape index (κ3) is 4.34. The van der Waals surface area contributed by atoms with Crippen molar-refractivity contribution in [3.63, 3.8) is 0 Å². The van der Waals surface area contributed by atoms with Gasteiger partial charge in [0, 0.05) is 48.9 Å². The number of anilines is 1. The summed E-state index contributed by atoms with van der Waals surface area (Å²) in [4.78, 5) is 27.3. The van der Waals surface area contributed by atoms with Gasteiger partial charge in [-0.15, -0.1) is 0 Å². The smallest absolute Gasteiger partial charge is 0.258 e. The standard InChI is InChI=1S/C26H22ClF2N5O2/c27-16-8-19-25(21(9-16)34-3-4-36-23-13-30-12-22(23)34)32-24(33-26(19)35)5-14-1-2-20(31-11-14)15-6-17(28)10-18(29)7-15/h1-2,6-11,22-23,30H,3-5,12-13H2,(H,32,33,35)/t22-,23+/m0/s1. The molecular weight excluding hydrogens is 488 g/mol. The van der Waals surface area contributed by atoms with Crippen LogP contribution in [-0.2, 0) is 11.2 Å². The van der Waals surface area contributed by atoms with Gasteiger partial charge in [0.05, 0.1) is 35.5 Å². The summed E-state index contributed by atoms with van der Waals surface area (Å²) >= 11 is 6.40. The molecule has 184 valence electrons. The summed E-state index contributed by atoms with van der Waals surface area (Å²) in [5.74, 6) is -0.842. The van der Waals surface area contributed by atoms with Crippen molar-refractivity contribution in [1.82, 2.24) is 20.3 Å². The average molecular weight is 510 g/mol. The van der Waals surface area contributed by atoms with Crippen LogP contribution in [0.1, 0.15) is 11.4 Å². The van der Waals surface area contributed by atoms with E-state index in [1.807, 2.05) is 6.07 Å². The van der Waals surface area contributed by atoms with Crippen molar-refractivity contribution in [2.24, 2.45) is 0 Å². The highest BCUT2D eigenvalue weighted by Gasteiger charge is 2.37. The average Bonchev–Trinajstić information content (AvgIpc) is 3.33. The van der Waals surface area contributed by atoms with E-state index in [2.05, 4.69) is 20.2 Å². The molecule has 0 amide bonds. The van der Waals surface area contributed by atoms with Crippen LogP contribution in [-0.4, -0.2) is 53.3 Å². The van der Waals surface area contributed by atoms with E-state index in [4.69, 9.17) is 21.3 Å². The highest BCUT2D eigenvalue weighted by molar-refractivity contribution is 6.31. The first-order valence-corrected chi connectivity index (χ1v) is 12.1. The third-order valence-electron chi connectivity index (χ3n) is 6.66. The Morgan fingerprint density at radius 2 is 1.94 bits per heavy atom. The number of fused-ring (bicyclic) bond motifs is 2. The molecule has 7 nitrogen and oxygen atoms in total. The molecule has 4 heterocycles. The van der Waals surface area contributed by atoms with Crippen LogP contribution in [0.25, 0.3) is 22.2 Å². The van der Waals surface area contributed by atoms with Gasteiger partial charge >= 0.3 is 0 Å². The van der Waals surface area contributed by atoms with Crippen LogP contribution in [0.4, 0.5) is 14.5 Å². The summed E-state index contributed by atoms with van der Waals surface area (Å²) in [5, 5.41) is 4.27. The molecule has 2 aromatic carbocycles. The number of ether oxygens (including phenoxy) is 1. The van der Waals surface area contributed by atoms with Crippen LogP contribution in [0.15, 0.2) is 53.5 Å². The lowest BCUT2D eigenvalue weighted by atomic mass is 10.1. The van der Waals surface area contributed by atoms with E-state index in [0.717, 1.165) is 30.4 Å². The number of aromatic nitrogens is 3. The second-order valence-corrected chi connectivity index (χ2v) is 9.48. The zero-order valence-electron chi connectivity index (χ0n) is 19.1. The minimum atomic E-state index is -0.662. The lowest BCUT2D eigenvalue weighted by molar-refractivity contribution is 0.0351. The SMILES string of the molecule is O=c1[nH]c(Cc2ccc(-c3cc(F)cc(F)c3)nc2)nc2c(N3CCO[C@@H]4CNC[C@@H]43)cc(Cl)cc12. The maximum atomic E-state index is 13.6. The van der Waals surface area contributed by atoms with Gasteiger partial charge in [-0.25, -0.2) is 13.8 Å². The number of morpholine rings is 1. The summed E-state index contributed by atoms with van der Waals surface area (Å²) in [6.07, 6.45) is 2.02. The predicted molar refractivity (Wildman–Crippen MR) is 134 cm³/mol. The molecule has 6 rings (SSSR count). The van der Waals surface area contributed by atoms with Gasteiger partial charge in [-0.05, 0) is 35.9 Å². The second kappa shape index (κ2) is 9.24. The van der Waals surface area contributed by atoms with Gasteiger partial charge in [0.1, 0.15) is 23.0 Å². The predicted octanol–water partition coefficient (Wildman–Crippen LogP) is 3.68. The van der Waals surface area contributed by atoms with E-state index in [1.165, 1.54) is 12.1 Å². The number of hydrogen-bond acceptors (Lipinski definition) is 6. The summed E-state index contributed by atoms with van der Waals surface area (Å²) < 4.78 is 33.1. The minimum Gasteiger partial charge on any atom is -0.373 e. The fourth-order valence-electron chi connectivity index (χ4n) is 5.02. The molecule has 36 heavy (non-hydrogen) atoms. The lowest BCUT2D eigenvalue weighted by Crippen LogP contribution is -2.51. The Hall–Kier alpha value is -3.40. The number of hydrogen-bond donors (Lipinski definition) is 2. The van der Waals surface area contributed by atoms with Gasteiger partial charge < -0.3 is 19.9 Å². The van der Waals surface area contributed by atoms with Gasteiger partial charge in [0.2, 0.25) is 0 Å². The monoisotopic (exact) mass is 509 g/mol. The Balaban J connectivity index is 1.34. The molecule has 2 N–H and O–H groups in total. The molecular formula is C26H22ClF2N5O2. The summed E-state index contributed by atoms with van der Waals surface area (Å²) in [5.41, 5.74) is 2.72. The minimum absolute atomic E-state index is 0.0744. The van der Waals surface area contributed by atoms with Gasteiger partial charge in [-0.1, -0.05) is 17.7 Å².